The maximum Gasteiger partial charge on any atom is 0.105 e. The van der Waals surface area contributed by atoms with E-state index >= 15 is 0 Å². The fourth-order valence-corrected chi connectivity index (χ4v) is 0.885. The second-order valence-electron chi connectivity index (χ2n) is 1.38. The minimum atomic E-state index is -0.298. The molecular formula is C6H9NS. The van der Waals surface area contributed by atoms with Crippen molar-refractivity contribution < 1.29 is 0 Å². The van der Waals surface area contributed by atoms with Crippen LogP contribution in [0.15, 0.2) is 0 Å². The molecule has 44 valence electrons. The van der Waals surface area contributed by atoms with Crippen LogP contribution >= 0.6 is 9.66 Å². The van der Waals surface area contributed by atoms with Gasteiger partial charge in [0.1, 0.15) is 6.07 Å². The molecule has 0 unspecified atom stereocenters. The zero-order valence-electron chi connectivity index (χ0n) is 4.98. The van der Waals surface area contributed by atoms with E-state index in [0.29, 0.717) is 0 Å². The van der Waals surface area contributed by atoms with E-state index in [0.717, 1.165) is 11.3 Å². The molecule has 0 aliphatic carbocycles. The Labute approximate surface area is 51.7 Å². The Bertz CT molecular complexity index is 218. The first-order valence-corrected chi connectivity index (χ1v) is 3.88. The molecule has 0 saturated carbocycles. The molecule has 0 aliphatic rings. The van der Waals surface area contributed by atoms with Crippen LogP contribution in [0.2, 0.25) is 0 Å². The molecule has 0 aromatic heterocycles. The maximum absolute atomic E-state index is 8.34. The van der Waals surface area contributed by atoms with Crippen molar-refractivity contribution in [3.63, 3.8) is 0 Å². The second-order valence-corrected chi connectivity index (χ2v) is 2.86. The van der Waals surface area contributed by atoms with Crippen LogP contribution in [0.3, 0.4) is 0 Å². The zero-order chi connectivity index (χ0) is 6.57. The molecule has 0 spiro atoms. The van der Waals surface area contributed by atoms with E-state index in [1.54, 1.807) is 0 Å². The first-order valence-electron chi connectivity index (χ1n) is 2.32. The first kappa shape index (κ1) is 7.32. The minimum absolute atomic E-state index is 0.298. The predicted molar refractivity (Wildman–Crippen MR) is 42.7 cm³/mol. The molecule has 0 amide bonds. The molecule has 8 heavy (non-hydrogen) atoms. The standard InChI is InChI=1S/C6H9NS/c1-4-6(5-7)8(2)3/h2-4H2,1H3. The number of rotatable bonds is 1. The lowest BCUT2D eigenvalue weighted by Crippen LogP contribution is -1.83. The smallest absolute Gasteiger partial charge is 0.105 e. The van der Waals surface area contributed by atoms with Crippen LogP contribution in [-0.4, -0.2) is 16.6 Å². The molecule has 1 nitrogen and oxygen atoms in total. The Morgan fingerprint density at radius 2 is 2.25 bits per heavy atom. The highest BCUT2D eigenvalue weighted by molar-refractivity contribution is 8.10. The van der Waals surface area contributed by atoms with Crippen molar-refractivity contribution in [3.8, 4) is 6.07 Å². The summed E-state index contributed by atoms with van der Waals surface area (Å²) in [6.45, 7) is 1.94. The molecule has 0 radical (unpaired) electrons. The molecule has 0 bridgehead atoms. The molecule has 2 heteroatoms. The third-order valence-corrected chi connectivity index (χ3v) is 1.87. The normalized spacial score (nSPS) is 7.50. The molecule has 0 rings (SSSR count). The van der Waals surface area contributed by atoms with Crippen LogP contribution in [0.25, 0.3) is 0 Å². The van der Waals surface area contributed by atoms with Gasteiger partial charge in [-0.3, -0.25) is 0 Å². The lowest BCUT2D eigenvalue weighted by atomic mass is 10.4. The average Bonchev–Trinajstić information content (AvgIpc) is 1.69. The summed E-state index contributed by atoms with van der Waals surface area (Å²) in [4.78, 5) is 0.796. The van der Waals surface area contributed by atoms with E-state index in [1.807, 2.05) is 6.92 Å². The van der Waals surface area contributed by atoms with E-state index in [1.165, 1.54) is 0 Å². The summed E-state index contributed by atoms with van der Waals surface area (Å²) < 4.78 is 0. The summed E-state index contributed by atoms with van der Waals surface area (Å²) in [5.74, 6) is 7.28. The molecule has 0 aliphatic heterocycles. The van der Waals surface area contributed by atoms with Crippen molar-refractivity contribution in [2.45, 2.75) is 13.3 Å². The number of nitrogens with zero attached hydrogens (tertiary/aromatic N) is 1. The van der Waals surface area contributed by atoms with E-state index in [9.17, 15) is 0 Å². The fourth-order valence-electron chi connectivity index (χ4n) is 0.348. The third-order valence-electron chi connectivity index (χ3n) is 0.794. The van der Waals surface area contributed by atoms with Gasteiger partial charge >= 0.3 is 0 Å². The van der Waals surface area contributed by atoms with E-state index in [2.05, 4.69) is 17.8 Å². The van der Waals surface area contributed by atoms with Crippen LogP contribution < -0.4 is 0 Å². The summed E-state index contributed by atoms with van der Waals surface area (Å²) in [7, 11) is -0.298. The molecule has 0 heterocycles. The van der Waals surface area contributed by atoms with Crippen molar-refractivity contribution in [1.82, 2.24) is 0 Å². The van der Waals surface area contributed by atoms with Gasteiger partial charge in [0, 0.05) is 0 Å². The highest BCUT2D eigenvalue weighted by Gasteiger charge is 1.82. The van der Waals surface area contributed by atoms with Gasteiger partial charge in [-0.2, -0.15) is 14.9 Å². The van der Waals surface area contributed by atoms with Crippen LogP contribution in [-0.2, 0) is 0 Å². The lowest BCUT2D eigenvalue weighted by molar-refractivity contribution is 1.32. The summed E-state index contributed by atoms with van der Waals surface area (Å²) >= 11 is 0. The van der Waals surface area contributed by atoms with Gasteiger partial charge in [0.25, 0.3) is 0 Å². The van der Waals surface area contributed by atoms with Crippen LogP contribution in [0.1, 0.15) is 13.3 Å². The number of nitriles is 1. The Kier molecular flexibility index (Phi) is 3.05. The maximum atomic E-state index is 8.34. The van der Waals surface area contributed by atoms with Gasteiger partial charge in [-0.15, -0.1) is 0 Å². The highest BCUT2D eigenvalue weighted by atomic mass is 32.1. The predicted octanol–water partition coefficient (Wildman–Crippen LogP) is 1.23. The van der Waals surface area contributed by atoms with E-state index in [4.69, 9.17) is 5.26 Å². The van der Waals surface area contributed by atoms with E-state index in [-0.39, 0.29) is 9.66 Å². The largest absolute Gasteiger partial charge is 0.198 e. The topological polar surface area (TPSA) is 23.8 Å². The number of hydrogen-bond acceptors (Lipinski definition) is 1. The van der Waals surface area contributed by atoms with Crippen molar-refractivity contribution in [1.29, 1.82) is 5.26 Å². The van der Waals surface area contributed by atoms with Crippen molar-refractivity contribution >= 4 is 26.3 Å². The average molecular weight is 127 g/mol. The summed E-state index contributed by atoms with van der Waals surface area (Å²) in [6.07, 6.45) is 0.784. The van der Waals surface area contributed by atoms with Crippen LogP contribution in [0.5, 0.6) is 0 Å². The molecule has 0 atom stereocenters. The zero-order valence-corrected chi connectivity index (χ0v) is 5.79. The molecule has 0 fully saturated rings. The van der Waals surface area contributed by atoms with Gasteiger partial charge in [-0.1, -0.05) is 18.7 Å². The molecule has 0 saturated heterocycles. The molecule has 0 aromatic carbocycles. The van der Waals surface area contributed by atoms with Crippen molar-refractivity contribution in [3.05, 3.63) is 0 Å². The molecular weight excluding hydrogens is 118 g/mol. The summed E-state index contributed by atoms with van der Waals surface area (Å²) in [5, 5.41) is 8.34. The van der Waals surface area contributed by atoms with Gasteiger partial charge in [0.2, 0.25) is 0 Å². The van der Waals surface area contributed by atoms with Crippen LogP contribution in [0.4, 0.5) is 0 Å². The lowest BCUT2D eigenvalue weighted by Gasteiger charge is -1.81. The van der Waals surface area contributed by atoms with Gasteiger partial charge < -0.3 is 0 Å². The minimum Gasteiger partial charge on any atom is -0.198 e. The van der Waals surface area contributed by atoms with Gasteiger partial charge in [0.05, 0.1) is 4.86 Å². The quantitative estimate of drug-likeness (QED) is 0.486. The monoisotopic (exact) mass is 127 g/mol. The second kappa shape index (κ2) is 3.34. The Morgan fingerprint density at radius 1 is 1.75 bits per heavy atom. The van der Waals surface area contributed by atoms with Gasteiger partial charge in [-0.05, 0) is 6.42 Å². The summed E-state index contributed by atoms with van der Waals surface area (Å²) in [5.41, 5.74) is 0. The molecule has 0 aromatic rings. The Hall–Kier alpha value is -0.680. The third kappa shape index (κ3) is 1.85. The Balaban J connectivity index is 4.69. The first-order chi connectivity index (χ1) is 3.72. The van der Waals surface area contributed by atoms with Gasteiger partial charge in [-0.25, -0.2) is 0 Å². The highest BCUT2D eigenvalue weighted by Crippen LogP contribution is 1.87. The summed E-state index contributed by atoms with van der Waals surface area (Å²) in [6, 6.07) is 2.06. The van der Waals surface area contributed by atoms with Crippen LogP contribution in [0, 0.1) is 11.3 Å². The van der Waals surface area contributed by atoms with Crippen molar-refractivity contribution in [2.24, 2.45) is 0 Å². The number of hydrogen-bond donors (Lipinski definition) is 0. The van der Waals surface area contributed by atoms with E-state index < -0.39 is 0 Å². The Morgan fingerprint density at radius 3 is 2.25 bits per heavy atom. The SMILES string of the molecule is C=S(=C)=C(C#N)CC. The van der Waals surface area contributed by atoms with Crippen molar-refractivity contribution in [2.75, 3.05) is 0 Å². The van der Waals surface area contributed by atoms with Gasteiger partial charge in [0.15, 0.2) is 0 Å². The molecule has 0 N–H and O–H groups in total. The fraction of sp³-hybridized carbons (Fsp3) is 0.333.